The number of fused-ring (bicyclic) bond motifs is 1. The SMILES string of the molecule is Cc1cccc(N2CCN(C(=O)c3cc4ccc(C)cc4nc3C)CC2)c1. The number of hydrogen-bond acceptors (Lipinski definition) is 3. The van der Waals surface area contributed by atoms with E-state index in [0.717, 1.165) is 48.3 Å². The van der Waals surface area contributed by atoms with Gasteiger partial charge in [-0.15, -0.1) is 0 Å². The Morgan fingerprint density at radius 2 is 1.63 bits per heavy atom. The van der Waals surface area contributed by atoms with Crippen LogP contribution in [0, 0.1) is 20.8 Å². The summed E-state index contributed by atoms with van der Waals surface area (Å²) in [6.07, 6.45) is 0. The molecule has 0 atom stereocenters. The van der Waals surface area contributed by atoms with Crippen molar-refractivity contribution in [2.45, 2.75) is 20.8 Å². The summed E-state index contributed by atoms with van der Waals surface area (Å²) in [6, 6.07) is 16.7. The van der Waals surface area contributed by atoms with Gasteiger partial charge in [-0.3, -0.25) is 9.78 Å². The minimum Gasteiger partial charge on any atom is -0.368 e. The van der Waals surface area contributed by atoms with Crippen molar-refractivity contribution in [2.75, 3.05) is 31.1 Å². The van der Waals surface area contributed by atoms with Crippen molar-refractivity contribution in [3.8, 4) is 0 Å². The predicted molar refractivity (Wildman–Crippen MR) is 111 cm³/mol. The number of carbonyl (C=O) groups is 1. The maximum absolute atomic E-state index is 13.1. The molecule has 0 aliphatic carbocycles. The van der Waals surface area contributed by atoms with E-state index in [1.54, 1.807) is 0 Å². The van der Waals surface area contributed by atoms with E-state index in [-0.39, 0.29) is 5.91 Å². The predicted octanol–water partition coefficient (Wildman–Crippen LogP) is 4.12. The van der Waals surface area contributed by atoms with E-state index in [4.69, 9.17) is 0 Å². The first-order chi connectivity index (χ1) is 13.0. The number of carbonyl (C=O) groups excluding carboxylic acids is 1. The molecule has 1 saturated heterocycles. The van der Waals surface area contributed by atoms with Crippen LogP contribution in [0.2, 0.25) is 0 Å². The van der Waals surface area contributed by atoms with Crippen molar-refractivity contribution < 1.29 is 4.79 Å². The van der Waals surface area contributed by atoms with Gasteiger partial charge in [-0.2, -0.15) is 0 Å². The fourth-order valence-corrected chi connectivity index (χ4v) is 3.75. The van der Waals surface area contributed by atoms with Crippen molar-refractivity contribution in [1.82, 2.24) is 9.88 Å². The maximum Gasteiger partial charge on any atom is 0.255 e. The number of hydrogen-bond donors (Lipinski definition) is 0. The maximum atomic E-state index is 13.1. The average Bonchev–Trinajstić information content (AvgIpc) is 2.67. The molecule has 2 aromatic carbocycles. The van der Waals surface area contributed by atoms with E-state index in [9.17, 15) is 4.79 Å². The Bertz CT molecular complexity index is 1000. The van der Waals surface area contributed by atoms with E-state index >= 15 is 0 Å². The van der Waals surface area contributed by atoms with E-state index in [2.05, 4.69) is 60.1 Å². The number of amides is 1. The molecular formula is C23H25N3O. The monoisotopic (exact) mass is 359 g/mol. The highest BCUT2D eigenvalue weighted by Gasteiger charge is 2.24. The summed E-state index contributed by atoms with van der Waals surface area (Å²) < 4.78 is 0. The topological polar surface area (TPSA) is 36.4 Å². The van der Waals surface area contributed by atoms with Crippen molar-refractivity contribution in [3.05, 3.63) is 70.9 Å². The molecule has 1 amide bonds. The van der Waals surface area contributed by atoms with Crippen LogP contribution in [0.5, 0.6) is 0 Å². The molecule has 0 unspecified atom stereocenters. The largest absolute Gasteiger partial charge is 0.368 e. The molecule has 1 aliphatic heterocycles. The fraction of sp³-hybridized carbons (Fsp3) is 0.304. The van der Waals surface area contributed by atoms with Crippen LogP contribution in [0.3, 0.4) is 0 Å². The van der Waals surface area contributed by atoms with Crippen LogP contribution in [0.15, 0.2) is 48.5 Å². The first-order valence-electron chi connectivity index (χ1n) is 9.50. The quantitative estimate of drug-likeness (QED) is 0.690. The molecule has 3 aromatic rings. The molecule has 0 N–H and O–H groups in total. The molecule has 4 heteroatoms. The van der Waals surface area contributed by atoms with Crippen molar-refractivity contribution in [2.24, 2.45) is 0 Å². The molecule has 27 heavy (non-hydrogen) atoms. The molecule has 2 heterocycles. The van der Waals surface area contributed by atoms with Gasteiger partial charge in [0.25, 0.3) is 5.91 Å². The van der Waals surface area contributed by atoms with Gasteiger partial charge >= 0.3 is 0 Å². The van der Waals surface area contributed by atoms with Gasteiger partial charge in [-0.05, 0) is 56.2 Å². The standard InChI is InChI=1S/C23H25N3O/c1-16-5-4-6-20(13-16)25-9-11-26(12-10-25)23(27)21-15-19-8-7-17(2)14-22(19)24-18(21)3/h4-8,13-15H,9-12H2,1-3H3. The van der Waals surface area contributed by atoms with Gasteiger partial charge in [0.05, 0.1) is 16.8 Å². The zero-order valence-electron chi connectivity index (χ0n) is 16.2. The lowest BCUT2D eigenvalue weighted by molar-refractivity contribution is 0.0745. The summed E-state index contributed by atoms with van der Waals surface area (Å²) in [5, 5.41) is 1.02. The van der Waals surface area contributed by atoms with Crippen molar-refractivity contribution in [1.29, 1.82) is 0 Å². The molecule has 4 rings (SSSR count). The van der Waals surface area contributed by atoms with Gasteiger partial charge in [0.15, 0.2) is 0 Å². The highest BCUT2D eigenvalue weighted by molar-refractivity contribution is 5.98. The number of anilines is 1. The second-order valence-corrected chi connectivity index (χ2v) is 7.44. The number of aryl methyl sites for hydroxylation is 3. The Morgan fingerprint density at radius 3 is 2.37 bits per heavy atom. The van der Waals surface area contributed by atoms with Gasteiger partial charge in [0, 0.05) is 37.3 Å². The molecular weight excluding hydrogens is 334 g/mol. The number of nitrogens with zero attached hydrogens (tertiary/aromatic N) is 3. The molecule has 0 bridgehead atoms. The minimum absolute atomic E-state index is 0.0892. The molecule has 0 radical (unpaired) electrons. The molecule has 138 valence electrons. The number of rotatable bonds is 2. The molecule has 1 aromatic heterocycles. The second-order valence-electron chi connectivity index (χ2n) is 7.44. The van der Waals surface area contributed by atoms with Crippen LogP contribution in [0.1, 0.15) is 27.2 Å². The van der Waals surface area contributed by atoms with Gasteiger partial charge in [0.1, 0.15) is 0 Å². The zero-order chi connectivity index (χ0) is 19.0. The first-order valence-corrected chi connectivity index (χ1v) is 9.50. The van der Waals surface area contributed by atoms with Crippen LogP contribution < -0.4 is 4.90 Å². The summed E-state index contributed by atoms with van der Waals surface area (Å²) in [5.74, 6) is 0.0892. The second kappa shape index (κ2) is 7.03. The van der Waals surface area contributed by atoms with E-state index < -0.39 is 0 Å². The lowest BCUT2D eigenvalue weighted by atomic mass is 10.1. The van der Waals surface area contributed by atoms with Gasteiger partial charge < -0.3 is 9.80 Å². The number of benzene rings is 2. The van der Waals surface area contributed by atoms with E-state index in [1.807, 2.05) is 24.0 Å². The number of piperazine rings is 1. The number of pyridine rings is 1. The van der Waals surface area contributed by atoms with Crippen LogP contribution >= 0.6 is 0 Å². The molecule has 1 aliphatic rings. The van der Waals surface area contributed by atoms with Gasteiger partial charge in [-0.25, -0.2) is 0 Å². The van der Waals surface area contributed by atoms with Gasteiger partial charge in [0.2, 0.25) is 0 Å². The summed E-state index contributed by atoms with van der Waals surface area (Å²) in [6.45, 7) is 9.28. The Labute approximate surface area is 160 Å². The molecule has 1 fully saturated rings. The van der Waals surface area contributed by atoms with E-state index in [1.165, 1.54) is 16.8 Å². The lowest BCUT2D eigenvalue weighted by Crippen LogP contribution is -2.49. The van der Waals surface area contributed by atoms with E-state index in [0.29, 0.717) is 0 Å². The van der Waals surface area contributed by atoms with Crippen molar-refractivity contribution in [3.63, 3.8) is 0 Å². The van der Waals surface area contributed by atoms with Crippen molar-refractivity contribution >= 4 is 22.5 Å². The Kier molecular flexibility index (Phi) is 4.56. The fourth-order valence-electron chi connectivity index (χ4n) is 3.75. The average molecular weight is 359 g/mol. The van der Waals surface area contributed by atoms with Crippen LogP contribution in [-0.2, 0) is 0 Å². The zero-order valence-corrected chi connectivity index (χ0v) is 16.2. The number of aromatic nitrogens is 1. The Morgan fingerprint density at radius 1 is 0.889 bits per heavy atom. The Hall–Kier alpha value is -2.88. The highest BCUT2D eigenvalue weighted by Crippen LogP contribution is 2.22. The third kappa shape index (κ3) is 3.52. The summed E-state index contributed by atoms with van der Waals surface area (Å²) in [5.41, 5.74) is 6.16. The lowest BCUT2D eigenvalue weighted by Gasteiger charge is -2.36. The highest BCUT2D eigenvalue weighted by atomic mass is 16.2. The third-order valence-electron chi connectivity index (χ3n) is 5.33. The van der Waals surface area contributed by atoms with Gasteiger partial charge in [-0.1, -0.05) is 24.3 Å². The molecule has 4 nitrogen and oxygen atoms in total. The normalized spacial score (nSPS) is 14.6. The Balaban J connectivity index is 1.52. The summed E-state index contributed by atoms with van der Waals surface area (Å²) in [7, 11) is 0. The molecule has 0 saturated carbocycles. The first kappa shape index (κ1) is 17.5. The third-order valence-corrected chi connectivity index (χ3v) is 5.33. The summed E-state index contributed by atoms with van der Waals surface area (Å²) in [4.78, 5) is 22.1. The molecule has 0 spiro atoms. The van der Waals surface area contributed by atoms with Crippen LogP contribution in [-0.4, -0.2) is 42.0 Å². The smallest absolute Gasteiger partial charge is 0.255 e. The summed E-state index contributed by atoms with van der Waals surface area (Å²) >= 11 is 0. The van der Waals surface area contributed by atoms with Crippen LogP contribution in [0.25, 0.3) is 10.9 Å². The minimum atomic E-state index is 0.0892. The van der Waals surface area contributed by atoms with Crippen LogP contribution in [0.4, 0.5) is 5.69 Å².